The predicted octanol–water partition coefficient (Wildman–Crippen LogP) is 2.09. The summed E-state index contributed by atoms with van der Waals surface area (Å²) in [5.41, 5.74) is 7.03. The number of fused-ring (bicyclic) bond motifs is 1. The maximum absolute atomic E-state index is 12.6. The topological polar surface area (TPSA) is 68.3 Å². The third-order valence-electron chi connectivity index (χ3n) is 3.53. The molecule has 1 amide bonds. The van der Waals surface area contributed by atoms with Gasteiger partial charge in [0, 0.05) is 32.5 Å². The zero-order valence-corrected chi connectivity index (χ0v) is 12.7. The van der Waals surface area contributed by atoms with Crippen LogP contribution in [-0.2, 0) is 6.54 Å². The van der Waals surface area contributed by atoms with Crippen molar-refractivity contribution in [2.75, 3.05) is 19.8 Å². The maximum Gasteiger partial charge on any atom is 0.258 e. The first kappa shape index (κ1) is 15.1. The number of hydrogen-bond donors (Lipinski definition) is 1. The number of aromatic nitrogens is 1. The van der Waals surface area contributed by atoms with E-state index in [0.29, 0.717) is 11.1 Å². The Hall–Kier alpha value is -2.30. The Morgan fingerprint density at radius 1 is 1.33 bits per heavy atom. The Bertz CT molecular complexity index is 732. The predicted molar refractivity (Wildman–Crippen MR) is 85.5 cm³/mol. The molecule has 0 atom stereocenters. The Morgan fingerprint density at radius 2 is 2.05 bits per heavy atom. The van der Waals surface area contributed by atoms with Gasteiger partial charge in [-0.2, -0.15) is 0 Å². The number of amides is 1. The molecule has 2 rings (SSSR count). The molecule has 2 N–H and O–H groups in total. The Morgan fingerprint density at radius 3 is 2.67 bits per heavy atom. The molecule has 2 aromatic rings. The van der Waals surface area contributed by atoms with Gasteiger partial charge in [0.2, 0.25) is 5.43 Å². The second-order valence-electron chi connectivity index (χ2n) is 5.36. The molecule has 1 aromatic carbocycles. The minimum absolute atomic E-state index is 0.168. The van der Waals surface area contributed by atoms with Gasteiger partial charge in [-0.05, 0) is 18.6 Å². The first-order valence-electron chi connectivity index (χ1n) is 7.10. The molecule has 0 radical (unpaired) electrons. The number of nitrogens with two attached hydrogens (primary N) is 1. The first-order chi connectivity index (χ1) is 9.97. The summed E-state index contributed by atoms with van der Waals surface area (Å²) >= 11 is 0. The van der Waals surface area contributed by atoms with Crippen LogP contribution in [0.5, 0.6) is 0 Å². The molecule has 0 saturated carbocycles. The lowest BCUT2D eigenvalue weighted by Crippen LogP contribution is -2.29. The molecule has 0 unspecified atom stereocenters. The number of aryl methyl sites for hydroxylation is 1. The SMILES string of the molecule is CCCCn1cc(C(=O)N(C)C)c(=O)c2c(N)cccc21. The zero-order valence-electron chi connectivity index (χ0n) is 12.7. The standard InChI is InChI=1S/C16H21N3O2/c1-4-5-9-19-10-11(16(21)18(2)3)15(20)14-12(17)7-6-8-13(14)19/h6-8,10H,4-5,9,17H2,1-3H3. The van der Waals surface area contributed by atoms with Crippen LogP contribution in [-0.4, -0.2) is 29.5 Å². The molecule has 0 spiro atoms. The number of carbonyl (C=O) groups excluding carboxylic acids is 1. The maximum atomic E-state index is 12.6. The van der Waals surface area contributed by atoms with E-state index in [-0.39, 0.29) is 16.9 Å². The summed E-state index contributed by atoms with van der Waals surface area (Å²) in [6.07, 6.45) is 3.66. The van der Waals surface area contributed by atoms with Crippen molar-refractivity contribution >= 4 is 22.5 Å². The van der Waals surface area contributed by atoms with Gasteiger partial charge in [0.05, 0.1) is 10.9 Å². The lowest BCUT2D eigenvalue weighted by molar-refractivity contribution is 0.0826. The van der Waals surface area contributed by atoms with E-state index >= 15 is 0 Å². The zero-order chi connectivity index (χ0) is 15.6. The molecule has 1 aromatic heterocycles. The van der Waals surface area contributed by atoms with Crippen LogP contribution in [0.25, 0.3) is 10.9 Å². The third kappa shape index (κ3) is 2.77. The molecule has 112 valence electrons. The first-order valence-corrected chi connectivity index (χ1v) is 7.10. The van der Waals surface area contributed by atoms with E-state index in [4.69, 9.17) is 5.73 Å². The summed E-state index contributed by atoms with van der Waals surface area (Å²) < 4.78 is 1.95. The minimum Gasteiger partial charge on any atom is -0.398 e. The van der Waals surface area contributed by atoms with E-state index in [1.807, 2.05) is 16.7 Å². The monoisotopic (exact) mass is 287 g/mol. The smallest absolute Gasteiger partial charge is 0.258 e. The number of hydrogen-bond acceptors (Lipinski definition) is 3. The van der Waals surface area contributed by atoms with Crippen molar-refractivity contribution in [3.63, 3.8) is 0 Å². The Kier molecular flexibility index (Phi) is 4.31. The lowest BCUT2D eigenvalue weighted by atomic mass is 10.1. The van der Waals surface area contributed by atoms with Crippen LogP contribution in [0, 0.1) is 0 Å². The molecule has 0 saturated heterocycles. The van der Waals surface area contributed by atoms with Crippen molar-refractivity contribution in [1.82, 2.24) is 9.47 Å². The van der Waals surface area contributed by atoms with E-state index in [1.165, 1.54) is 4.90 Å². The third-order valence-corrected chi connectivity index (χ3v) is 3.53. The van der Waals surface area contributed by atoms with E-state index in [2.05, 4.69) is 6.92 Å². The number of carbonyl (C=O) groups is 1. The summed E-state index contributed by atoms with van der Waals surface area (Å²) in [4.78, 5) is 26.2. The summed E-state index contributed by atoms with van der Waals surface area (Å²) in [5.74, 6) is -0.296. The Balaban J connectivity index is 2.77. The molecule has 5 nitrogen and oxygen atoms in total. The molecule has 1 heterocycles. The van der Waals surface area contributed by atoms with Crippen LogP contribution in [0.1, 0.15) is 30.1 Å². The number of rotatable bonds is 4. The second kappa shape index (κ2) is 5.99. The highest BCUT2D eigenvalue weighted by molar-refractivity contribution is 5.99. The molecule has 0 aliphatic carbocycles. The van der Waals surface area contributed by atoms with E-state index < -0.39 is 0 Å². The van der Waals surface area contributed by atoms with Gasteiger partial charge in [0.25, 0.3) is 5.91 Å². The van der Waals surface area contributed by atoms with E-state index in [0.717, 1.165) is 24.9 Å². The van der Waals surface area contributed by atoms with Crippen LogP contribution in [0.15, 0.2) is 29.2 Å². The van der Waals surface area contributed by atoms with Gasteiger partial charge in [-0.1, -0.05) is 19.4 Å². The quantitative estimate of drug-likeness (QED) is 0.875. The molecule has 0 fully saturated rings. The summed E-state index contributed by atoms with van der Waals surface area (Å²) in [5, 5.41) is 0.432. The van der Waals surface area contributed by atoms with Gasteiger partial charge in [-0.25, -0.2) is 0 Å². The Labute approximate surface area is 124 Å². The fourth-order valence-corrected chi connectivity index (χ4v) is 2.37. The van der Waals surface area contributed by atoms with Gasteiger partial charge in [0.1, 0.15) is 5.56 Å². The van der Waals surface area contributed by atoms with Crippen molar-refractivity contribution in [2.24, 2.45) is 0 Å². The molecule has 21 heavy (non-hydrogen) atoms. The van der Waals surface area contributed by atoms with E-state index in [1.54, 1.807) is 26.4 Å². The van der Waals surface area contributed by atoms with Gasteiger partial charge < -0.3 is 15.2 Å². The number of pyridine rings is 1. The minimum atomic E-state index is -0.297. The average Bonchev–Trinajstić information content (AvgIpc) is 2.45. The van der Waals surface area contributed by atoms with E-state index in [9.17, 15) is 9.59 Å². The number of anilines is 1. The fourth-order valence-electron chi connectivity index (χ4n) is 2.37. The number of unbranched alkanes of at least 4 members (excludes halogenated alkanes) is 1. The number of nitrogens with zero attached hydrogens (tertiary/aromatic N) is 2. The highest BCUT2D eigenvalue weighted by Gasteiger charge is 2.18. The van der Waals surface area contributed by atoms with Crippen molar-refractivity contribution < 1.29 is 4.79 Å². The molecule has 5 heteroatoms. The van der Waals surface area contributed by atoms with Crippen LogP contribution in [0.4, 0.5) is 5.69 Å². The van der Waals surface area contributed by atoms with Gasteiger partial charge in [-0.3, -0.25) is 9.59 Å². The molecular formula is C16H21N3O2. The van der Waals surface area contributed by atoms with Crippen LogP contribution in [0.3, 0.4) is 0 Å². The fraction of sp³-hybridized carbons (Fsp3) is 0.375. The summed E-state index contributed by atoms with van der Waals surface area (Å²) in [7, 11) is 3.27. The van der Waals surface area contributed by atoms with Crippen LogP contribution in [0.2, 0.25) is 0 Å². The van der Waals surface area contributed by atoms with Crippen LogP contribution >= 0.6 is 0 Å². The van der Waals surface area contributed by atoms with Gasteiger partial charge in [-0.15, -0.1) is 0 Å². The van der Waals surface area contributed by atoms with Crippen molar-refractivity contribution in [3.8, 4) is 0 Å². The number of benzene rings is 1. The van der Waals surface area contributed by atoms with Crippen molar-refractivity contribution in [1.29, 1.82) is 0 Å². The highest BCUT2D eigenvalue weighted by atomic mass is 16.2. The normalized spacial score (nSPS) is 10.8. The number of nitrogen functional groups attached to an aromatic ring is 1. The largest absolute Gasteiger partial charge is 0.398 e. The highest BCUT2D eigenvalue weighted by Crippen LogP contribution is 2.19. The molecular weight excluding hydrogens is 266 g/mol. The molecule has 0 aliphatic rings. The van der Waals surface area contributed by atoms with Crippen molar-refractivity contribution in [3.05, 3.63) is 40.2 Å². The van der Waals surface area contributed by atoms with Crippen LogP contribution < -0.4 is 11.2 Å². The second-order valence-corrected chi connectivity index (χ2v) is 5.36. The van der Waals surface area contributed by atoms with Gasteiger partial charge in [0.15, 0.2) is 0 Å². The lowest BCUT2D eigenvalue weighted by Gasteiger charge is -2.16. The average molecular weight is 287 g/mol. The molecule has 0 bridgehead atoms. The summed E-state index contributed by atoms with van der Waals surface area (Å²) in [6.45, 7) is 2.86. The molecule has 0 aliphatic heterocycles. The summed E-state index contributed by atoms with van der Waals surface area (Å²) in [6, 6.07) is 5.39. The van der Waals surface area contributed by atoms with Crippen molar-refractivity contribution in [2.45, 2.75) is 26.3 Å². The van der Waals surface area contributed by atoms with Gasteiger partial charge >= 0.3 is 0 Å².